The number of nitrogens with zero attached hydrogens (tertiary/aromatic N) is 2. The lowest BCUT2D eigenvalue weighted by molar-refractivity contribution is 0.586. The molecule has 0 unspecified atom stereocenters. The summed E-state index contributed by atoms with van der Waals surface area (Å²) in [7, 11) is 0. The van der Waals surface area contributed by atoms with Gasteiger partial charge in [0, 0.05) is 11.6 Å². The second-order valence-electron chi connectivity index (χ2n) is 4.25. The van der Waals surface area contributed by atoms with E-state index in [1.807, 2.05) is 16.9 Å². The highest BCUT2D eigenvalue weighted by atomic mass is 15.4. The minimum Gasteiger partial charge on any atom is -0.211 e. The molecule has 13 heavy (non-hydrogen) atoms. The quantitative estimate of drug-likeness (QED) is 0.587. The van der Waals surface area contributed by atoms with Crippen LogP contribution < -0.4 is 10.1 Å². The van der Waals surface area contributed by atoms with E-state index < -0.39 is 0 Å². The van der Waals surface area contributed by atoms with E-state index in [0.29, 0.717) is 0 Å². The van der Waals surface area contributed by atoms with Crippen LogP contribution >= 0.6 is 0 Å². The Bertz CT molecular complexity index is 387. The first-order valence-corrected chi connectivity index (χ1v) is 4.43. The molecule has 0 aromatic carbocycles. The van der Waals surface area contributed by atoms with Crippen molar-refractivity contribution >= 4 is 12.1 Å². The molecule has 1 aromatic heterocycles. The lowest BCUT2D eigenvalue weighted by Gasteiger charge is -2.16. The first-order chi connectivity index (χ1) is 6.09. The van der Waals surface area contributed by atoms with Crippen molar-refractivity contribution < 1.29 is 0 Å². The summed E-state index contributed by atoms with van der Waals surface area (Å²) in [6, 6.07) is 4.09. The predicted octanol–water partition coefficient (Wildman–Crippen LogP) is 0.976. The van der Waals surface area contributed by atoms with E-state index in [9.17, 15) is 0 Å². The molecular weight excluding hydrogens is 162 g/mol. The summed E-state index contributed by atoms with van der Waals surface area (Å²) in [5, 5.41) is 0. The van der Waals surface area contributed by atoms with Crippen molar-refractivity contribution in [1.29, 1.82) is 0 Å². The van der Waals surface area contributed by atoms with E-state index >= 15 is 0 Å². The SMILES string of the molecule is CC(C)(C)C1=[N+]=CNn2cccc21. The van der Waals surface area contributed by atoms with Crippen LogP contribution in [0.2, 0.25) is 0 Å². The number of aromatic nitrogens is 1. The van der Waals surface area contributed by atoms with Gasteiger partial charge in [0.15, 0.2) is 0 Å². The third-order valence-corrected chi connectivity index (χ3v) is 2.09. The van der Waals surface area contributed by atoms with E-state index in [-0.39, 0.29) is 5.41 Å². The molecule has 3 heteroatoms. The zero-order valence-electron chi connectivity index (χ0n) is 8.20. The van der Waals surface area contributed by atoms with Crippen LogP contribution in [0.3, 0.4) is 0 Å². The van der Waals surface area contributed by atoms with Crippen molar-refractivity contribution in [3.63, 3.8) is 0 Å². The third-order valence-electron chi connectivity index (χ3n) is 2.09. The van der Waals surface area contributed by atoms with Gasteiger partial charge in [-0.3, -0.25) is 0 Å². The monoisotopic (exact) mass is 176 g/mol. The molecule has 1 aliphatic heterocycles. The summed E-state index contributed by atoms with van der Waals surface area (Å²) in [5.41, 5.74) is 5.41. The summed E-state index contributed by atoms with van der Waals surface area (Å²) in [6.45, 7) is 6.51. The molecular formula is C10H14N3+. The van der Waals surface area contributed by atoms with Crippen LogP contribution in [-0.2, 0) is 0 Å². The van der Waals surface area contributed by atoms with Crippen molar-refractivity contribution in [3.8, 4) is 0 Å². The average Bonchev–Trinajstić information content (AvgIpc) is 2.48. The lowest BCUT2D eigenvalue weighted by Crippen LogP contribution is -2.33. The molecule has 0 spiro atoms. The Kier molecular flexibility index (Phi) is 1.57. The molecule has 1 aliphatic rings. The Balaban J connectivity index is 2.57. The van der Waals surface area contributed by atoms with Crippen LogP contribution in [0.5, 0.6) is 0 Å². The van der Waals surface area contributed by atoms with Crippen LogP contribution in [0, 0.1) is 5.41 Å². The van der Waals surface area contributed by atoms with Gasteiger partial charge in [0.1, 0.15) is 5.69 Å². The normalized spacial score (nSPS) is 14.8. The van der Waals surface area contributed by atoms with Crippen LogP contribution in [0.1, 0.15) is 26.5 Å². The van der Waals surface area contributed by atoms with Crippen molar-refractivity contribution in [3.05, 3.63) is 24.0 Å². The topological polar surface area (TPSA) is 31.1 Å². The first kappa shape index (κ1) is 8.14. The summed E-state index contributed by atoms with van der Waals surface area (Å²) in [5.74, 6) is 0. The highest BCUT2D eigenvalue weighted by Crippen LogP contribution is 2.20. The Hall–Kier alpha value is -1.47. The molecule has 3 nitrogen and oxygen atoms in total. The predicted molar refractivity (Wildman–Crippen MR) is 55.6 cm³/mol. The zero-order valence-corrected chi connectivity index (χ0v) is 8.20. The minimum atomic E-state index is 0.0920. The fraction of sp³-hybridized carbons (Fsp3) is 0.400. The van der Waals surface area contributed by atoms with Gasteiger partial charge in [0.25, 0.3) is 0 Å². The van der Waals surface area contributed by atoms with Crippen molar-refractivity contribution in [2.24, 2.45) is 5.41 Å². The van der Waals surface area contributed by atoms with Crippen LogP contribution in [0.25, 0.3) is 0 Å². The molecule has 1 aromatic rings. The fourth-order valence-corrected chi connectivity index (χ4v) is 1.49. The van der Waals surface area contributed by atoms with E-state index in [1.165, 1.54) is 0 Å². The van der Waals surface area contributed by atoms with Crippen molar-refractivity contribution in [2.45, 2.75) is 20.8 Å². The standard InChI is InChI=1S/C10H13N3/c1-10(2,3)9-8-5-4-6-13(8)12-7-11-9/h4-7H,1-3H3/p+1. The van der Waals surface area contributed by atoms with Crippen molar-refractivity contribution in [2.75, 3.05) is 5.43 Å². The number of fused-ring (bicyclic) bond motifs is 1. The maximum absolute atomic E-state index is 4.37. The molecule has 0 aliphatic carbocycles. The van der Waals surface area contributed by atoms with Gasteiger partial charge in [-0.15, -0.1) is 0 Å². The Morgan fingerprint density at radius 3 is 2.85 bits per heavy atom. The van der Waals surface area contributed by atoms with Crippen LogP contribution in [0.4, 0.5) is 0 Å². The average molecular weight is 176 g/mol. The Morgan fingerprint density at radius 1 is 1.38 bits per heavy atom. The third kappa shape index (κ3) is 1.27. The van der Waals surface area contributed by atoms with Gasteiger partial charge in [-0.2, -0.15) is 10.1 Å². The molecule has 0 saturated carbocycles. The summed E-state index contributed by atoms with van der Waals surface area (Å²) in [6.07, 6.45) is 3.72. The zero-order chi connectivity index (χ0) is 9.47. The summed E-state index contributed by atoms with van der Waals surface area (Å²) >= 11 is 0. The smallest absolute Gasteiger partial charge is 0.211 e. The van der Waals surface area contributed by atoms with Gasteiger partial charge in [0.2, 0.25) is 5.71 Å². The maximum atomic E-state index is 4.37. The first-order valence-electron chi connectivity index (χ1n) is 4.43. The number of hydrogen-bond donors (Lipinski definition) is 1. The highest BCUT2D eigenvalue weighted by Gasteiger charge is 2.30. The van der Waals surface area contributed by atoms with Gasteiger partial charge in [-0.05, 0) is 12.1 Å². The second kappa shape index (κ2) is 2.51. The van der Waals surface area contributed by atoms with E-state index in [2.05, 4.69) is 36.9 Å². The molecule has 0 bridgehead atoms. The maximum Gasteiger partial charge on any atom is 0.354 e. The van der Waals surface area contributed by atoms with Gasteiger partial charge in [-0.1, -0.05) is 20.8 Å². The number of nitrogens with one attached hydrogen (secondary N) is 1. The molecule has 2 rings (SSSR count). The van der Waals surface area contributed by atoms with E-state index in [0.717, 1.165) is 11.4 Å². The van der Waals surface area contributed by atoms with Gasteiger partial charge in [-0.25, -0.2) is 4.67 Å². The number of hydrogen-bond acceptors (Lipinski definition) is 1. The summed E-state index contributed by atoms with van der Waals surface area (Å²) < 4.78 is 6.35. The molecule has 0 amide bonds. The summed E-state index contributed by atoms with van der Waals surface area (Å²) in [4.78, 5) is 0. The molecule has 0 atom stereocenters. The van der Waals surface area contributed by atoms with Crippen LogP contribution in [0.15, 0.2) is 18.3 Å². The van der Waals surface area contributed by atoms with Gasteiger partial charge in [0.05, 0.1) is 0 Å². The molecule has 1 N–H and O–H groups in total. The lowest BCUT2D eigenvalue weighted by atomic mass is 9.88. The molecule has 0 fully saturated rings. The van der Waals surface area contributed by atoms with Gasteiger partial charge < -0.3 is 0 Å². The largest absolute Gasteiger partial charge is 0.354 e. The van der Waals surface area contributed by atoms with Crippen molar-refractivity contribution in [1.82, 2.24) is 9.34 Å². The minimum absolute atomic E-state index is 0.0920. The highest BCUT2D eigenvalue weighted by molar-refractivity contribution is 6.05. The van der Waals surface area contributed by atoms with Crippen LogP contribution in [-0.4, -0.2) is 16.7 Å². The Labute approximate surface area is 77.8 Å². The molecule has 0 radical (unpaired) electrons. The Morgan fingerprint density at radius 2 is 2.15 bits per heavy atom. The second-order valence-corrected chi connectivity index (χ2v) is 4.25. The molecule has 0 saturated heterocycles. The van der Waals surface area contributed by atoms with E-state index in [4.69, 9.17) is 0 Å². The molecule has 68 valence electrons. The fourth-order valence-electron chi connectivity index (χ4n) is 1.49. The molecule has 2 heterocycles. The number of rotatable bonds is 0. The van der Waals surface area contributed by atoms with Gasteiger partial charge >= 0.3 is 6.34 Å². The van der Waals surface area contributed by atoms with E-state index in [1.54, 1.807) is 6.34 Å².